The molecular weight excluding hydrogens is 1180 g/mol. The Bertz CT molecular complexity index is 2970. The van der Waals surface area contributed by atoms with Crippen molar-refractivity contribution < 1.29 is 124 Å². The molecule has 6 rings (SSSR count). The van der Waals surface area contributed by atoms with Crippen molar-refractivity contribution in [1.29, 1.82) is 0 Å². The van der Waals surface area contributed by atoms with E-state index in [1.165, 1.54) is 25.3 Å². The van der Waals surface area contributed by atoms with Gasteiger partial charge >= 0.3 is 55.4 Å². The van der Waals surface area contributed by atoms with Crippen LogP contribution in [0.25, 0.3) is 0 Å². The maximum atomic E-state index is 14.2. The number of carbonyl (C=O) groups is 2. The van der Waals surface area contributed by atoms with Gasteiger partial charge in [0.2, 0.25) is 5.78 Å². The summed E-state index contributed by atoms with van der Waals surface area (Å²) >= 11 is 0. The van der Waals surface area contributed by atoms with Crippen molar-refractivity contribution in [3.05, 3.63) is 183 Å². The lowest BCUT2D eigenvalue weighted by molar-refractivity contribution is -0.144. The highest BCUT2D eigenvalue weighted by Crippen LogP contribution is 2.41. The summed E-state index contributed by atoms with van der Waals surface area (Å²) in [6.45, 7) is 1.30. The van der Waals surface area contributed by atoms with Crippen molar-refractivity contribution in [2.45, 2.75) is 56.3 Å². The third-order valence-corrected chi connectivity index (χ3v) is 12.8. The molecule has 434 valence electrons. The first kappa shape index (κ1) is 64.4. The molecule has 6 aromatic carbocycles. The zero-order valence-electron chi connectivity index (χ0n) is 40.0. The van der Waals surface area contributed by atoms with Gasteiger partial charge in [-0.05, 0) is 66.6 Å². The minimum Gasteiger partial charge on any atom is -0.427 e. The molecule has 0 saturated heterocycles. The number of ketones is 1. The second kappa shape index (κ2) is 22.5. The molecule has 0 N–H and O–H groups in total. The summed E-state index contributed by atoms with van der Waals surface area (Å²) in [6, 6.07) is 6.53. The largest absolute Gasteiger partial charge is 0.427 e. The number of esters is 1. The summed E-state index contributed by atoms with van der Waals surface area (Å²) in [4.78, 5) is 23.1. The molecule has 0 aliphatic carbocycles. The van der Waals surface area contributed by atoms with Crippen LogP contribution in [0.1, 0.15) is 67.4 Å². The Morgan fingerprint density at radius 1 is 0.420 bits per heavy atom. The Morgan fingerprint density at radius 3 is 0.914 bits per heavy atom. The van der Waals surface area contributed by atoms with Gasteiger partial charge < -0.3 is 4.74 Å². The third-order valence-electron chi connectivity index (χ3n) is 11.5. The highest BCUT2D eigenvalue weighted by Gasteiger charge is 2.47. The van der Waals surface area contributed by atoms with Crippen LogP contribution in [0.3, 0.4) is 0 Å². The lowest BCUT2D eigenvalue weighted by Gasteiger charge is -2.46. The molecule has 0 fully saturated rings. The zero-order chi connectivity index (χ0) is 61.5. The molecule has 0 bridgehead atoms. The molecule has 0 heterocycles. The van der Waals surface area contributed by atoms with E-state index in [1.807, 2.05) is 30.3 Å². The summed E-state index contributed by atoms with van der Waals surface area (Å²) in [5.74, 6) is 2.35. The molecule has 30 heteroatoms. The predicted molar refractivity (Wildman–Crippen MR) is 244 cm³/mol. The molecule has 0 aliphatic heterocycles. The first-order chi connectivity index (χ1) is 36.6. The predicted octanol–water partition coefficient (Wildman–Crippen LogP) is 14.1. The van der Waals surface area contributed by atoms with Crippen LogP contribution in [0.4, 0.5) is 105 Å². The molecule has 0 saturated carbocycles. The molecule has 0 aromatic heterocycles. The number of halogens is 24. The van der Waals surface area contributed by atoms with Gasteiger partial charge in [-0.2, -0.15) is 127 Å². The average Bonchev–Trinajstić information content (AvgIpc) is 3.47. The van der Waals surface area contributed by atoms with Gasteiger partial charge in [0, 0.05) is 18.1 Å². The van der Waals surface area contributed by atoms with Gasteiger partial charge in [-0.15, -0.1) is 0 Å². The summed E-state index contributed by atoms with van der Waals surface area (Å²) in [5.41, 5.74) is -29.0. The Kier molecular flexibility index (Phi) is 17.9. The number of hydrogen-bond acceptors (Lipinski definition) is 4. The molecule has 81 heavy (non-hydrogen) atoms. The third kappa shape index (κ3) is 16.1. The zero-order valence-corrected chi connectivity index (χ0v) is 40.8. The number of Topliss-reactive ketones (excluding diaryl/α,β-unsaturated/α-hetero) is 1. The van der Waals surface area contributed by atoms with Gasteiger partial charge in [0.1, 0.15) is 18.2 Å². The molecule has 0 radical (unpaired) electrons. The van der Waals surface area contributed by atoms with E-state index >= 15 is 0 Å². The van der Waals surface area contributed by atoms with E-state index in [9.17, 15) is 119 Å². The van der Waals surface area contributed by atoms with Gasteiger partial charge in [0.15, 0.2) is 20.9 Å². The van der Waals surface area contributed by atoms with Crippen molar-refractivity contribution in [3.63, 3.8) is 0 Å². The summed E-state index contributed by atoms with van der Waals surface area (Å²) in [6.07, 6.45) is -53.3. The Morgan fingerprint density at radius 2 is 0.679 bits per heavy atom. The second-order valence-electron chi connectivity index (χ2n) is 17.5. The number of carbonyl (C=O) groups excluding carboxylic acids is 2. The van der Waals surface area contributed by atoms with Crippen molar-refractivity contribution in [3.8, 4) is 16.9 Å². The number of rotatable bonds is 8. The summed E-state index contributed by atoms with van der Waals surface area (Å²) < 4.78 is 358. The molecule has 1 unspecified atom stereocenters. The second-order valence-corrected chi connectivity index (χ2v) is 20.0. The minimum absolute atomic E-state index is 0.153. The minimum atomic E-state index is -6.13. The standard InChI is InChI=1S/C32H12BF24.C19H17O4S/c34-25(35,36)13-1-14(26(37,38)39)6-21(5-13)33(22-7-15(27(40,41)42)2-16(8-22)28(43,44)45,23-9-17(29(46,47)48)3-18(10-23)30(49,50)51)24-11-19(31(52,53)54)4-20(12-24)32(55,56)57;1-15(20)23-18-10-8-17(9-11-18)19(21)14-24(2,22)13-12-16-6-4-3-5-7-16/h1-12H;3-11H,14H2,1-2H3/q-1;+1. The fourth-order valence-corrected chi connectivity index (χ4v) is 9.08. The lowest BCUT2D eigenvalue weighted by Crippen LogP contribution is -2.75. The van der Waals surface area contributed by atoms with E-state index in [1.54, 1.807) is 12.1 Å². The average molecular weight is 1200 g/mol. The van der Waals surface area contributed by atoms with Crippen molar-refractivity contribution in [2.24, 2.45) is 0 Å². The number of ether oxygens (including phenoxy) is 1. The Labute approximate surface area is 441 Å². The molecule has 1 atom stereocenters. The summed E-state index contributed by atoms with van der Waals surface area (Å²) in [5, 5.41) is 2.70. The van der Waals surface area contributed by atoms with Crippen LogP contribution in [0.5, 0.6) is 5.75 Å². The molecule has 0 aliphatic rings. The monoisotopic (exact) mass is 1200 g/mol. The van der Waals surface area contributed by atoms with Crippen LogP contribution in [0, 0.1) is 11.2 Å². The fraction of sp³-hybridized carbons (Fsp3) is 0.216. The van der Waals surface area contributed by atoms with Crippen LogP contribution in [-0.2, 0) is 68.3 Å². The van der Waals surface area contributed by atoms with Gasteiger partial charge in [-0.1, -0.05) is 70.9 Å². The van der Waals surface area contributed by atoms with E-state index < -0.39 is 211 Å². The Hall–Kier alpha value is -7.45. The molecule has 0 spiro atoms. The molecule has 6 aromatic rings. The van der Waals surface area contributed by atoms with E-state index in [0.717, 1.165) is 5.56 Å². The van der Waals surface area contributed by atoms with Crippen LogP contribution in [0.15, 0.2) is 127 Å². The quantitative estimate of drug-likeness (QED) is 0.0290. The van der Waals surface area contributed by atoms with Crippen molar-refractivity contribution >= 4 is 49.7 Å². The highest BCUT2D eigenvalue weighted by molar-refractivity contribution is 8.07. The normalized spacial score (nSPS) is 13.8. The molecular formula is C51H29BF24O4S. The summed E-state index contributed by atoms with van der Waals surface area (Å²) in [7, 11) is -2.60. The van der Waals surface area contributed by atoms with E-state index in [-0.39, 0.29) is 11.5 Å². The maximum absolute atomic E-state index is 14.2. The number of benzene rings is 6. The van der Waals surface area contributed by atoms with Crippen LogP contribution in [-0.4, -0.2) is 29.9 Å². The van der Waals surface area contributed by atoms with E-state index in [4.69, 9.17) is 4.74 Å². The van der Waals surface area contributed by atoms with Gasteiger partial charge in [0.05, 0.1) is 44.5 Å². The van der Waals surface area contributed by atoms with Crippen LogP contribution < -0.4 is 26.6 Å². The first-order valence-electron chi connectivity index (χ1n) is 21.8. The maximum Gasteiger partial charge on any atom is 0.416 e. The van der Waals surface area contributed by atoms with Crippen LogP contribution >= 0.6 is 0 Å². The molecule has 4 nitrogen and oxygen atoms in total. The first-order valence-corrected chi connectivity index (χ1v) is 24.0. The number of alkyl halides is 24. The highest BCUT2D eigenvalue weighted by atomic mass is 32.2. The van der Waals surface area contributed by atoms with Gasteiger partial charge in [0.25, 0.3) is 0 Å². The van der Waals surface area contributed by atoms with Crippen molar-refractivity contribution in [2.75, 3.05) is 12.0 Å². The van der Waals surface area contributed by atoms with Crippen molar-refractivity contribution in [1.82, 2.24) is 0 Å². The van der Waals surface area contributed by atoms with Crippen LogP contribution in [0.2, 0.25) is 0 Å². The Balaban J connectivity index is 0.000000416. The number of hydrogen-bond donors (Lipinski definition) is 0. The fourth-order valence-electron chi connectivity index (χ4n) is 8.00. The van der Waals surface area contributed by atoms with Gasteiger partial charge in [-0.3, -0.25) is 9.59 Å². The van der Waals surface area contributed by atoms with E-state index in [0.29, 0.717) is 11.3 Å². The molecule has 0 amide bonds. The lowest BCUT2D eigenvalue weighted by atomic mass is 9.12. The topological polar surface area (TPSA) is 60.4 Å². The smallest absolute Gasteiger partial charge is 0.416 e. The SMILES string of the molecule is CC(=O)Oc1ccc(C(=O)C[S+](C)(=O)C#Cc2ccccc2)cc1.FC(F)(F)c1cc([B-](c2cc(C(F)(F)F)cc(C(F)(F)F)c2)(c2cc(C(F)(F)F)cc(C(F)(F)F)c2)c2cc(C(F)(F)F)cc(C(F)(F)F)c2)cc(C(F)(F)F)c1. The van der Waals surface area contributed by atoms with Gasteiger partial charge in [-0.25, -0.2) is 0 Å². The van der Waals surface area contributed by atoms with E-state index in [2.05, 4.69) is 11.2 Å².